The first-order chi connectivity index (χ1) is 12.2. The number of aryl methyl sites for hydroxylation is 2. The van der Waals surface area contributed by atoms with Crippen LogP contribution >= 0.6 is 23.2 Å². The van der Waals surface area contributed by atoms with E-state index < -0.39 is 10.0 Å². The van der Waals surface area contributed by atoms with Crippen LogP contribution in [0.25, 0.3) is 0 Å². The van der Waals surface area contributed by atoms with Gasteiger partial charge in [-0.2, -0.15) is 4.98 Å². The van der Waals surface area contributed by atoms with Gasteiger partial charge in [-0.1, -0.05) is 23.2 Å². The van der Waals surface area contributed by atoms with E-state index in [2.05, 4.69) is 25.3 Å². The van der Waals surface area contributed by atoms with E-state index in [0.717, 1.165) is 12.2 Å². The fourth-order valence-corrected chi connectivity index (χ4v) is 4.06. The van der Waals surface area contributed by atoms with Crippen molar-refractivity contribution < 1.29 is 8.42 Å². The molecule has 0 atom stereocenters. The zero-order valence-corrected chi connectivity index (χ0v) is 17.1. The fourth-order valence-electron chi connectivity index (χ4n) is 2.19. The van der Waals surface area contributed by atoms with E-state index in [1.165, 1.54) is 12.1 Å². The zero-order valence-electron chi connectivity index (χ0n) is 14.7. The highest BCUT2D eigenvalue weighted by Crippen LogP contribution is 2.27. The normalized spacial score (nSPS) is 11.4. The van der Waals surface area contributed by atoms with Crippen molar-refractivity contribution in [2.24, 2.45) is 0 Å². The molecule has 0 bridgehead atoms. The Balaban J connectivity index is 1.98. The summed E-state index contributed by atoms with van der Waals surface area (Å²) in [4.78, 5) is 8.58. The van der Waals surface area contributed by atoms with E-state index >= 15 is 0 Å². The van der Waals surface area contributed by atoms with Crippen molar-refractivity contribution in [2.75, 3.05) is 30.3 Å². The molecule has 1 aromatic carbocycles. The van der Waals surface area contributed by atoms with Crippen LogP contribution in [0.3, 0.4) is 0 Å². The lowest BCUT2D eigenvalue weighted by atomic mass is 10.2. The zero-order chi connectivity index (χ0) is 19.3. The molecule has 142 valence electrons. The minimum Gasteiger partial charge on any atom is -0.370 e. The van der Waals surface area contributed by atoms with Crippen LogP contribution in [-0.4, -0.2) is 38.0 Å². The van der Waals surface area contributed by atoms with Crippen LogP contribution < -0.4 is 15.4 Å². The number of hydrogen-bond acceptors (Lipinski definition) is 6. The number of rotatable bonds is 8. The standard InChI is InChI=1S/C16H21Cl2N5O2S/c1-4-19-15-8-11(3)22-16(23-15)20-5-6-21-26(24,25)14-7-10(2)12(17)9-13(14)18/h7-9,21H,4-6H2,1-3H3,(H2,19,20,22,23). The van der Waals surface area contributed by atoms with Crippen molar-refractivity contribution in [3.8, 4) is 0 Å². The topological polar surface area (TPSA) is 96.0 Å². The van der Waals surface area contributed by atoms with Crippen LogP contribution in [0.4, 0.5) is 11.8 Å². The molecule has 10 heteroatoms. The van der Waals surface area contributed by atoms with E-state index in [-0.39, 0.29) is 16.5 Å². The summed E-state index contributed by atoms with van der Waals surface area (Å²) in [7, 11) is -3.74. The van der Waals surface area contributed by atoms with Crippen molar-refractivity contribution >= 4 is 45.0 Å². The molecule has 0 saturated heterocycles. The Kier molecular flexibility index (Phi) is 7.05. The number of benzene rings is 1. The minimum atomic E-state index is -3.74. The lowest BCUT2D eigenvalue weighted by Crippen LogP contribution is -2.29. The smallest absolute Gasteiger partial charge is 0.242 e. The van der Waals surface area contributed by atoms with Gasteiger partial charge in [-0.3, -0.25) is 0 Å². The van der Waals surface area contributed by atoms with E-state index in [4.69, 9.17) is 23.2 Å². The fraction of sp³-hybridized carbons (Fsp3) is 0.375. The quantitative estimate of drug-likeness (QED) is 0.570. The third kappa shape index (κ3) is 5.44. The number of nitrogens with one attached hydrogen (secondary N) is 3. The van der Waals surface area contributed by atoms with Crippen LogP contribution in [0.2, 0.25) is 10.0 Å². The van der Waals surface area contributed by atoms with Gasteiger partial charge in [0.2, 0.25) is 16.0 Å². The third-order valence-electron chi connectivity index (χ3n) is 3.41. The van der Waals surface area contributed by atoms with Gasteiger partial charge < -0.3 is 10.6 Å². The van der Waals surface area contributed by atoms with Crippen molar-refractivity contribution in [3.63, 3.8) is 0 Å². The van der Waals surface area contributed by atoms with E-state index in [1.807, 2.05) is 19.9 Å². The summed E-state index contributed by atoms with van der Waals surface area (Å²) in [5, 5.41) is 6.61. The molecule has 2 rings (SSSR count). The molecule has 0 aliphatic rings. The van der Waals surface area contributed by atoms with Crippen LogP contribution in [0.1, 0.15) is 18.2 Å². The first-order valence-electron chi connectivity index (χ1n) is 8.01. The van der Waals surface area contributed by atoms with Gasteiger partial charge in [0.05, 0.1) is 5.02 Å². The molecule has 0 spiro atoms. The van der Waals surface area contributed by atoms with Crippen molar-refractivity contribution in [3.05, 3.63) is 39.5 Å². The highest BCUT2D eigenvalue weighted by atomic mass is 35.5. The molecule has 0 aliphatic carbocycles. The minimum absolute atomic E-state index is 0.00213. The highest BCUT2D eigenvalue weighted by Gasteiger charge is 2.18. The summed E-state index contributed by atoms with van der Waals surface area (Å²) in [5.41, 5.74) is 1.45. The summed E-state index contributed by atoms with van der Waals surface area (Å²) in [6.45, 7) is 6.77. The van der Waals surface area contributed by atoms with Gasteiger partial charge in [-0.15, -0.1) is 0 Å². The molecule has 1 heterocycles. The predicted octanol–water partition coefficient (Wildman–Crippen LogP) is 3.22. The monoisotopic (exact) mass is 417 g/mol. The van der Waals surface area contributed by atoms with Gasteiger partial charge in [0.1, 0.15) is 10.7 Å². The maximum atomic E-state index is 12.4. The SMILES string of the molecule is CCNc1cc(C)nc(NCCNS(=O)(=O)c2cc(C)c(Cl)cc2Cl)n1. The van der Waals surface area contributed by atoms with Gasteiger partial charge in [-0.05, 0) is 38.5 Å². The molecule has 0 saturated carbocycles. The molecule has 7 nitrogen and oxygen atoms in total. The maximum absolute atomic E-state index is 12.4. The molecule has 0 aliphatic heterocycles. The Morgan fingerprint density at radius 3 is 2.42 bits per heavy atom. The van der Waals surface area contributed by atoms with E-state index in [9.17, 15) is 8.42 Å². The van der Waals surface area contributed by atoms with Crippen molar-refractivity contribution in [1.29, 1.82) is 0 Å². The average Bonchev–Trinajstić information content (AvgIpc) is 2.55. The lowest BCUT2D eigenvalue weighted by molar-refractivity contribution is 0.583. The van der Waals surface area contributed by atoms with E-state index in [0.29, 0.717) is 28.9 Å². The molecule has 0 amide bonds. The summed E-state index contributed by atoms with van der Waals surface area (Å²) in [6.07, 6.45) is 0. The first kappa shape index (κ1) is 20.7. The van der Waals surface area contributed by atoms with Crippen LogP contribution in [0, 0.1) is 13.8 Å². The average molecular weight is 418 g/mol. The number of nitrogens with zero attached hydrogens (tertiary/aromatic N) is 2. The Labute approximate surface area is 163 Å². The Hall–Kier alpha value is -1.61. The van der Waals surface area contributed by atoms with Crippen LogP contribution in [-0.2, 0) is 10.0 Å². The van der Waals surface area contributed by atoms with Crippen LogP contribution in [0.15, 0.2) is 23.1 Å². The second-order valence-electron chi connectivity index (χ2n) is 5.60. The van der Waals surface area contributed by atoms with Crippen LogP contribution in [0.5, 0.6) is 0 Å². The lowest BCUT2D eigenvalue weighted by Gasteiger charge is -2.11. The molecule has 1 aromatic heterocycles. The van der Waals surface area contributed by atoms with Crippen molar-refractivity contribution in [1.82, 2.24) is 14.7 Å². The highest BCUT2D eigenvalue weighted by molar-refractivity contribution is 7.89. The molecular formula is C16H21Cl2N5O2S. The summed E-state index contributed by atoms with van der Waals surface area (Å²) >= 11 is 12.0. The van der Waals surface area contributed by atoms with Gasteiger partial charge in [0, 0.05) is 36.4 Å². The number of hydrogen-bond donors (Lipinski definition) is 3. The third-order valence-corrected chi connectivity index (χ3v) is 5.75. The van der Waals surface area contributed by atoms with Gasteiger partial charge in [0.25, 0.3) is 0 Å². The predicted molar refractivity (Wildman–Crippen MR) is 106 cm³/mol. The first-order valence-corrected chi connectivity index (χ1v) is 10.3. The number of halogens is 2. The molecule has 3 N–H and O–H groups in total. The number of sulfonamides is 1. The molecule has 0 fully saturated rings. The van der Waals surface area contributed by atoms with Gasteiger partial charge in [-0.25, -0.2) is 18.1 Å². The molecule has 2 aromatic rings. The largest absolute Gasteiger partial charge is 0.370 e. The number of anilines is 2. The van der Waals surface area contributed by atoms with E-state index in [1.54, 1.807) is 6.92 Å². The summed E-state index contributed by atoms with van der Waals surface area (Å²) in [5.74, 6) is 1.15. The molecule has 26 heavy (non-hydrogen) atoms. The Morgan fingerprint density at radius 2 is 1.73 bits per heavy atom. The van der Waals surface area contributed by atoms with Gasteiger partial charge in [0.15, 0.2) is 0 Å². The Bertz CT molecular complexity index is 890. The molecular weight excluding hydrogens is 397 g/mol. The van der Waals surface area contributed by atoms with Gasteiger partial charge >= 0.3 is 0 Å². The van der Waals surface area contributed by atoms with Crippen molar-refractivity contribution in [2.45, 2.75) is 25.7 Å². The summed E-state index contributed by atoms with van der Waals surface area (Å²) in [6, 6.07) is 4.71. The number of aromatic nitrogens is 2. The molecule has 0 unspecified atom stereocenters. The second kappa shape index (κ2) is 8.85. The summed E-state index contributed by atoms with van der Waals surface area (Å²) < 4.78 is 27.3. The Morgan fingerprint density at radius 1 is 1.00 bits per heavy atom. The second-order valence-corrected chi connectivity index (χ2v) is 8.15. The molecule has 0 radical (unpaired) electrons. The maximum Gasteiger partial charge on any atom is 0.242 e.